The average Bonchev–Trinajstić information content (AvgIpc) is 2.50. The number of hydrogen-bond donors (Lipinski definition) is 3. The van der Waals surface area contributed by atoms with Gasteiger partial charge in [0.05, 0.1) is 6.33 Å². The molecule has 0 radical (unpaired) electrons. The smallest absolute Gasteiger partial charge is 0.224 e. The summed E-state index contributed by atoms with van der Waals surface area (Å²) in [5, 5.41) is 0. The maximum Gasteiger partial charge on any atom is 0.224 e. The Bertz CT molecular complexity index is 409. The molecule has 0 aliphatic heterocycles. The third kappa shape index (κ3) is 0.831. The van der Waals surface area contributed by atoms with Gasteiger partial charge in [-0.05, 0) is 0 Å². The quantitative estimate of drug-likeness (QED) is 0.530. The van der Waals surface area contributed by atoms with E-state index in [1.54, 1.807) is 0 Å². The number of fused-ring (bicyclic) bond motifs is 1. The zero-order valence-electron chi connectivity index (χ0n) is 5.87. The first kappa shape index (κ1) is 6.77. The zero-order chi connectivity index (χ0) is 8.55. The monoisotopic (exact) mass is 168 g/mol. The molecule has 2 heterocycles. The minimum Gasteiger partial charge on any atom is -0.368 e. The van der Waals surface area contributed by atoms with Crippen LogP contribution in [0.1, 0.15) is 0 Å². The second-order valence-corrected chi connectivity index (χ2v) is 2.13. The van der Waals surface area contributed by atoms with Gasteiger partial charge in [0.1, 0.15) is 5.52 Å². The van der Waals surface area contributed by atoms with Crippen molar-refractivity contribution in [3.8, 4) is 0 Å². The first-order valence-corrected chi connectivity index (χ1v) is 3.14. The number of aromatic nitrogens is 4. The molecular weight excluding hydrogens is 163 g/mol. The molecule has 2 aromatic rings. The standard InChI is InChI=1S/C5H5FN6/c6-12-4-2-3(9-1-8-2)10-5(7)11-4/h1H,(H4,7,8,9,10,11,12). The Labute approximate surface area is 66.0 Å². The fraction of sp³-hybridized carbons (Fsp3) is 0. The van der Waals surface area contributed by atoms with E-state index in [4.69, 9.17) is 5.73 Å². The molecule has 4 N–H and O–H groups in total. The van der Waals surface area contributed by atoms with Crippen molar-refractivity contribution in [2.75, 3.05) is 11.3 Å². The maximum absolute atomic E-state index is 12.1. The molecule has 0 amide bonds. The fourth-order valence-corrected chi connectivity index (χ4v) is 0.918. The average molecular weight is 168 g/mol. The lowest BCUT2D eigenvalue weighted by atomic mass is 10.5. The summed E-state index contributed by atoms with van der Waals surface area (Å²) in [6, 6.07) is 0. The highest BCUT2D eigenvalue weighted by Gasteiger charge is 2.06. The normalized spacial score (nSPS) is 10.4. The molecule has 0 atom stereocenters. The topological polar surface area (TPSA) is 92.5 Å². The molecule has 0 aromatic carbocycles. The Kier molecular flexibility index (Phi) is 1.29. The zero-order valence-corrected chi connectivity index (χ0v) is 5.87. The second kappa shape index (κ2) is 2.29. The van der Waals surface area contributed by atoms with Crippen LogP contribution >= 0.6 is 0 Å². The van der Waals surface area contributed by atoms with Crippen LogP contribution in [-0.4, -0.2) is 19.9 Å². The Morgan fingerprint density at radius 3 is 3.08 bits per heavy atom. The molecule has 2 rings (SSSR count). The summed E-state index contributed by atoms with van der Waals surface area (Å²) in [4.78, 5) is 13.8. The van der Waals surface area contributed by atoms with Crippen molar-refractivity contribution in [1.29, 1.82) is 0 Å². The van der Waals surface area contributed by atoms with E-state index in [0.29, 0.717) is 11.2 Å². The van der Waals surface area contributed by atoms with Gasteiger partial charge in [-0.2, -0.15) is 9.97 Å². The van der Waals surface area contributed by atoms with E-state index in [9.17, 15) is 4.48 Å². The van der Waals surface area contributed by atoms with Gasteiger partial charge in [0.2, 0.25) is 5.95 Å². The number of aromatic amines is 1. The molecule has 0 saturated carbocycles. The minimum absolute atomic E-state index is 0.00463. The summed E-state index contributed by atoms with van der Waals surface area (Å²) in [6.07, 6.45) is 1.39. The lowest BCUT2D eigenvalue weighted by molar-refractivity contribution is 0.613. The summed E-state index contributed by atoms with van der Waals surface area (Å²) in [5.41, 5.74) is 7.40. The van der Waals surface area contributed by atoms with Crippen LogP contribution in [-0.2, 0) is 0 Å². The van der Waals surface area contributed by atoms with Gasteiger partial charge in [-0.3, -0.25) is 0 Å². The van der Waals surface area contributed by atoms with Crippen molar-refractivity contribution >= 4 is 22.9 Å². The molecule has 7 heteroatoms. The number of imidazole rings is 1. The Hall–Kier alpha value is -1.92. The minimum atomic E-state index is -0.0187. The molecule has 0 aliphatic carbocycles. The predicted molar refractivity (Wildman–Crippen MR) is 40.8 cm³/mol. The highest BCUT2D eigenvalue weighted by atomic mass is 19.2. The molecule has 0 aliphatic rings. The SMILES string of the molecule is Nc1nc(NF)c2[nH]cnc2n1. The van der Waals surface area contributed by atoms with E-state index in [-0.39, 0.29) is 11.8 Å². The van der Waals surface area contributed by atoms with Gasteiger partial charge in [-0.1, -0.05) is 0 Å². The fourth-order valence-electron chi connectivity index (χ4n) is 0.918. The number of H-pyrrole nitrogens is 1. The Morgan fingerprint density at radius 1 is 1.50 bits per heavy atom. The van der Waals surface area contributed by atoms with E-state index >= 15 is 0 Å². The van der Waals surface area contributed by atoms with E-state index in [1.165, 1.54) is 11.9 Å². The number of nitrogens with two attached hydrogens (primary N) is 1. The number of rotatable bonds is 1. The molecule has 0 spiro atoms. The van der Waals surface area contributed by atoms with Crippen LogP contribution < -0.4 is 11.3 Å². The number of anilines is 2. The molecule has 0 bridgehead atoms. The summed E-state index contributed by atoms with van der Waals surface area (Å²) in [5.74, 6) is -0.0234. The maximum atomic E-state index is 12.1. The van der Waals surface area contributed by atoms with Crippen molar-refractivity contribution in [2.45, 2.75) is 0 Å². The summed E-state index contributed by atoms with van der Waals surface area (Å²) < 4.78 is 12.1. The molecule has 12 heavy (non-hydrogen) atoms. The van der Waals surface area contributed by atoms with Gasteiger partial charge >= 0.3 is 0 Å². The molecular formula is C5H5FN6. The van der Waals surface area contributed by atoms with Crippen LogP contribution in [0.3, 0.4) is 0 Å². The highest BCUT2D eigenvalue weighted by molar-refractivity contribution is 5.82. The van der Waals surface area contributed by atoms with Crippen molar-refractivity contribution in [3.63, 3.8) is 0 Å². The van der Waals surface area contributed by atoms with E-state index < -0.39 is 0 Å². The molecule has 62 valence electrons. The van der Waals surface area contributed by atoms with E-state index in [1.807, 2.05) is 0 Å². The van der Waals surface area contributed by atoms with Gasteiger partial charge in [0.25, 0.3) is 0 Å². The van der Waals surface area contributed by atoms with Crippen molar-refractivity contribution < 1.29 is 4.48 Å². The summed E-state index contributed by atoms with van der Waals surface area (Å²) >= 11 is 0. The van der Waals surface area contributed by atoms with Gasteiger partial charge in [0.15, 0.2) is 11.5 Å². The van der Waals surface area contributed by atoms with Gasteiger partial charge < -0.3 is 10.7 Å². The van der Waals surface area contributed by atoms with Crippen LogP contribution in [0.15, 0.2) is 6.33 Å². The van der Waals surface area contributed by atoms with Gasteiger partial charge in [0, 0.05) is 0 Å². The molecule has 0 fully saturated rings. The molecule has 0 unspecified atom stereocenters. The third-order valence-corrected chi connectivity index (χ3v) is 1.39. The number of hydrogen-bond acceptors (Lipinski definition) is 5. The Balaban J connectivity index is 2.80. The number of nitrogen functional groups attached to an aromatic ring is 1. The lowest BCUT2D eigenvalue weighted by Crippen LogP contribution is -1.98. The molecule has 2 aromatic heterocycles. The van der Waals surface area contributed by atoms with Crippen molar-refractivity contribution in [2.24, 2.45) is 0 Å². The van der Waals surface area contributed by atoms with Crippen LogP contribution in [0.5, 0.6) is 0 Å². The van der Waals surface area contributed by atoms with Gasteiger partial charge in [-0.25, -0.2) is 10.5 Å². The second-order valence-electron chi connectivity index (χ2n) is 2.13. The Morgan fingerprint density at radius 2 is 2.33 bits per heavy atom. The number of nitrogens with zero attached hydrogens (tertiary/aromatic N) is 3. The van der Waals surface area contributed by atoms with Crippen LogP contribution in [0.4, 0.5) is 16.2 Å². The number of nitrogens with one attached hydrogen (secondary N) is 2. The van der Waals surface area contributed by atoms with Crippen LogP contribution in [0, 0.1) is 0 Å². The summed E-state index contributed by atoms with van der Waals surface area (Å²) in [7, 11) is 0. The van der Waals surface area contributed by atoms with Crippen LogP contribution in [0.2, 0.25) is 0 Å². The molecule has 0 saturated heterocycles. The highest BCUT2D eigenvalue weighted by Crippen LogP contribution is 2.16. The third-order valence-electron chi connectivity index (χ3n) is 1.39. The predicted octanol–water partition coefficient (Wildman–Crippen LogP) is 0.231. The van der Waals surface area contributed by atoms with Crippen molar-refractivity contribution in [1.82, 2.24) is 19.9 Å². The largest absolute Gasteiger partial charge is 0.368 e. The van der Waals surface area contributed by atoms with E-state index in [2.05, 4.69) is 19.9 Å². The first-order valence-electron chi connectivity index (χ1n) is 3.14. The van der Waals surface area contributed by atoms with E-state index in [0.717, 1.165) is 0 Å². The molecule has 6 nitrogen and oxygen atoms in total. The van der Waals surface area contributed by atoms with Crippen LogP contribution in [0.25, 0.3) is 11.2 Å². The summed E-state index contributed by atoms with van der Waals surface area (Å²) in [6.45, 7) is 0. The number of halogens is 1. The van der Waals surface area contributed by atoms with Gasteiger partial charge in [-0.15, -0.1) is 4.48 Å². The van der Waals surface area contributed by atoms with Crippen molar-refractivity contribution in [3.05, 3.63) is 6.33 Å². The first-order chi connectivity index (χ1) is 5.81. The lowest BCUT2D eigenvalue weighted by Gasteiger charge is -1.97.